The highest BCUT2D eigenvalue weighted by atomic mass is 16.2. The molecular weight excluding hydrogens is 382 g/mol. The molecule has 4 atom stereocenters. The maximum atomic E-state index is 12.6. The number of nitrogens with zero attached hydrogens (tertiary/aromatic N) is 4. The van der Waals surface area contributed by atoms with E-state index in [9.17, 15) is 9.59 Å². The van der Waals surface area contributed by atoms with Crippen molar-refractivity contribution in [3.63, 3.8) is 0 Å². The van der Waals surface area contributed by atoms with Crippen LogP contribution in [0.4, 0.5) is 5.69 Å². The van der Waals surface area contributed by atoms with Crippen molar-refractivity contribution in [1.82, 2.24) is 30.5 Å². The first kappa shape index (κ1) is 20.3. The zero-order chi connectivity index (χ0) is 21.1. The SMILES string of the molecule is CC(=O)NCCNC(=O)[C@H]1CN2CCC1C[C@@H]2Cn1cc(-c2cccc(N)c2)nn1. The van der Waals surface area contributed by atoms with E-state index in [2.05, 4.69) is 25.8 Å². The molecule has 3 saturated heterocycles. The van der Waals surface area contributed by atoms with E-state index in [1.165, 1.54) is 6.92 Å². The monoisotopic (exact) mass is 411 g/mol. The van der Waals surface area contributed by atoms with Crippen LogP contribution in [0.1, 0.15) is 19.8 Å². The highest BCUT2D eigenvalue weighted by Gasteiger charge is 2.43. The maximum absolute atomic E-state index is 12.6. The van der Waals surface area contributed by atoms with Crippen molar-refractivity contribution in [3.8, 4) is 11.3 Å². The summed E-state index contributed by atoms with van der Waals surface area (Å²) in [4.78, 5) is 25.9. The molecule has 2 amide bonds. The fourth-order valence-corrected chi connectivity index (χ4v) is 4.61. The summed E-state index contributed by atoms with van der Waals surface area (Å²) >= 11 is 0. The van der Waals surface area contributed by atoms with Crippen LogP contribution in [-0.4, -0.2) is 63.9 Å². The number of nitrogens with one attached hydrogen (secondary N) is 2. The number of carbonyl (C=O) groups is 2. The first-order chi connectivity index (χ1) is 14.5. The van der Waals surface area contributed by atoms with Gasteiger partial charge in [0, 0.05) is 43.9 Å². The summed E-state index contributed by atoms with van der Waals surface area (Å²) in [7, 11) is 0. The number of carbonyl (C=O) groups excluding carboxylic acids is 2. The lowest BCUT2D eigenvalue weighted by molar-refractivity contribution is -0.133. The first-order valence-corrected chi connectivity index (χ1v) is 10.5. The molecule has 4 heterocycles. The number of fused-ring (bicyclic) bond motifs is 3. The molecule has 0 radical (unpaired) electrons. The van der Waals surface area contributed by atoms with Gasteiger partial charge in [-0.25, -0.2) is 0 Å². The Labute approximate surface area is 176 Å². The highest BCUT2D eigenvalue weighted by Crippen LogP contribution is 2.37. The van der Waals surface area contributed by atoms with E-state index >= 15 is 0 Å². The van der Waals surface area contributed by atoms with Crippen molar-refractivity contribution in [2.75, 3.05) is 31.9 Å². The zero-order valence-corrected chi connectivity index (χ0v) is 17.3. The van der Waals surface area contributed by atoms with Gasteiger partial charge in [-0.1, -0.05) is 17.3 Å². The van der Waals surface area contributed by atoms with Crippen molar-refractivity contribution in [3.05, 3.63) is 30.5 Å². The van der Waals surface area contributed by atoms with Gasteiger partial charge in [-0.15, -0.1) is 5.10 Å². The maximum Gasteiger partial charge on any atom is 0.224 e. The molecule has 5 rings (SSSR count). The van der Waals surface area contributed by atoms with Crippen LogP contribution in [0, 0.1) is 11.8 Å². The Morgan fingerprint density at radius 2 is 2.10 bits per heavy atom. The lowest BCUT2D eigenvalue weighted by Crippen LogP contribution is -2.58. The second-order valence-electron chi connectivity index (χ2n) is 8.26. The molecule has 2 unspecified atom stereocenters. The van der Waals surface area contributed by atoms with Crippen LogP contribution < -0.4 is 16.4 Å². The predicted molar refractivity (Wildman–Crippen MR) is 113 cm³/mol. The molecular formula is C21H29N7O2. The Morgan fingerprint density at radius 1 is 1.27 bits per heavy atom. The van der Waals surface area contributed by atoms with Crippen LogP contribution in [0.3, 0.4) is 0 Å². The number of nitrogens with two attached hydrogens (primary N) is 1. The van der Waals surface area contributed by atoms with Crippen LogP contribution in [0.15, 0.2) is 30.5 Å². The highest BCUT2D eigenvalue weighted by molar-refractivity contribution is 5.79. The number of nitrogen functional groups attached to an aromatic ring is 1. The van der Waals surface area contributed by atoms with Gasteiger partial charge in [-0.3, -0.25) is 19.2 Å². The number of benzene rings is 1. The second-order valence-corrected chi connectivity index (χ2v) is 8.26. The molecule has 3 fully saturated rings. The minimum atomic E-state index is -0.0815. The molecule has 0 spiro atoms. The van der Waals surface area contributed by atoms with Gasteiger partial charge >= 0.3 is 0 Å². The normalized spacial score (nSPS) is 25.1. The van der Waals surface area contributed by atoms with Crippen molar-refractivity contribution >= 4 is 17.5 Å². The fourth-order valence-electron chi connectivity index (χ4n) is 4.61. The molecule has 3 aliphatic heterocycles. The van der Waals surface area contributed by atoms with E-state index in [0.717, 1.165) is 43.7 Å². The molecule has 1 aromatic carbocycles. The molecule has 160 valence electrons. The third kappa shape index (κ3) is 4.62. The zero-order valence-electron chi connectivity index (χ0n) is 17.3. The third-order valence-corrected chi connectivity index (χ3v) is 6.13. The smallest absolute Gasteiger partial charge is 0.224 e. The van der Waals surface area contributed by atoms with Gasteiger partial charge < -0.3 is 16.4 Å². The molecule has 2 aromatic rings. The number of anilines is 1. The Kier molecular flexibility index (Phi) is 5.98. The Balaban J connectivity index is 1.32. The number of hydrogen-bond donors (Lipinski definition) is 3. The van der Waals surface area contributed by atoms with Crippen LogP contribution >= 0.6 is 0 Å². The molecule has 9 heteroatoms. The number of piperidine rings is 3. The molecule has 3 aliphatic rings. The minimum Gasteiger partial charge on any atom is -0.399 e. The summed E-state index contributed by atoms with van der Waals surface area (Å²) in [5.41, 5.74) is 8.35. The van der Waals surface area contributed by atoms with E-state index in [-0.39, 0.29) is 17.7 Å². The van der Waals surface area contributed by atoms with E-state index < -0.39 is 0 Å². The summed E-state index contributed by atoms with van der Waals surface area (Å²) in [6, 6.07) is 8.01. The van der Waals surface area contributed by atoms with Crippen LogP contribution in [0.5, 0.6) is 0 Å². The molecule has 1 aromatic heterocycles. The molecule has 0 saturated carbocycles. The molecule has 4 N–H and O–H groups in total. The Bertz CT molecular complexity index is 912. The van der Waals surface area contributed by atoms with E-state index in [0.29, 0.717) is 30.7 Å². The second kappa shape index (κ2) is 8.83. The van der Waals surface area contributed by atoms with Crippen LogP contribution in [0.25, 0.3) is 11.3 Å². The van der Waals surface area contributed by atoms with Crippen LogP contribution in [0.2, 0.25) is 0 Å². The van der Waals surface area contributed by atoms with Gasteiger partial charge in [-0.05, 0) is 37.4 Å². The standard InChI is InChI=1S/C21H29N7O2/c1-14(29)23-6-7-24-21(30)19-12-27-8-5-15(19)10-18(27)11-28-13-20(25-26-28)16-3-2-4-17(22)9-16/h2-4,9,13,15,18-19H,5-8,10-12,22H2,1H3,(H,23,29)(H,24,30)/t15?,18-,19+/m1/s1. The third-order valence-electron chi connectivity index (χ3n) is 6.13. The van der Waals surface area contributed by atoms with Gasteiger partial charge in [0.15, 0.2) is 0 Å². The Hall–Kier alpha value is -2.94. The van der Waals surface area contributed by atoms with Crippen molar-refractivity contribution < 1.29 is 9.59 Å². The summed E-state index contributed by atoms with van der Waals surface area (Å²) in [5, 5.41) is 14.3. The van der Waals surface area contributed by atoms with Gasteiger partial charge in [0.2, 0.25) is 11.8 Å². The predicted octanol–water partition coefficient (Wildman–Crippen LogP) is 0.490. The minimum absolute atomic E-state index is 0.0194. The quantitative estimate of drug-likeness (QED) is 0.451. The molecule has 9 nitrogen and oxygen atoms in total. The first-order valence-electron chi connectivity index (χ1n) is 10.5. The van der Waals surface area contributed by atoms with E-state index in [1.807, 2.05) is 35.1 Å². The fraction of sp³-hybridized carbons (Fsp3) is 0.524. The van der Waals surface area contributed by atoms with Crippen molar-refractivity contribution in [2.24, 2.45) is 11.8 Å². The van der Waals surface area contributed by atoms with E-state index in [4.69, 9.17) is 5.73 Å². The van der Waals surface area contributed by atoms with Crippen molar-refractivity contribution in [2.45, 2.75) is 32.4 Å². The largest absolute Gasteiger partial charge is 0.399 e. The van der Waals surface area contributed by atoms with Crippen molar-refractivity contribution in [1.29, 1.82) is 0 Å². The average Bonchev–Trinajstić information content (AvgIpc) is 3.20. The van der Waals surface area contributed by atoms with Gasteiger partial charge in [-0.2, -0.15) is 0 Å². The molecule has 0 aliphatic carbocycles. The molecule has 30 heavy (non-hydrogen) atoms. The van der Waals surface area contributed by atoms with Gasteiger partial charge in [0.05, 0.1) is 18.7 Å². The molecule has 2 bridgehead atoms. The van der Waals surface area contributed by atoms with Gasteiger partial charge in [0.25, 0.3) is 0 Å². The lowest BCUT2D eigenvalue weighted by atomic mass is 9.75. The summed E-state index contributed by atoms with van der Waals surface area (Å²) in [6.07, 6.45) is 3.99. The van der Waals surface area contributed by atoms with E-state index in [1.54, 1.807) is 0 Å². The Morgan fingerprint density at radius 3 is 2.83 bits per heavy atom. The number of hydrogen-bond acceptors (Lipinski definition) is 6. The summed E-state index contributed by atoms with van der Waals surface area (Å²) in [5.74, 6) is 0.420. The average molecular weight is 412 g/mol. The summed E-state index contributed by atoms with van der Waals surface area (Å²) in [6.45, 7) is 4.97. The number of aromatic nitrogens is 3. The topological polar surface area (TPSA) is 118 Å². The number of rotatable bonds is 7. The van der Waals surface area contributed by atoms with Gasteiger partial charge in [0.1, 0.15) is 5.69 Å². The summed E-state index contributed by atoms with van der Waals surface area (Å²) < 4.78 is 1.90. The van der Waals surface area contributed by atoms with Crippen LogP contribution in [-0.2, 0) is 16.1 Å². The number of amides is 2. The lowest BCUT2D eigenvalue weighted by Gasteiger charge is -2.49.